The van der Waals surface area contributed by atoms with Gasteiger partial charge >= 0.3 is 0 Å². The predicted octanol–water partition coefficient (Wildman–Crippen LogP) is 4.40. The van der Waals surface area contributed by atoms with Gasteiger partial charge in [0.05, 0.1) is 24.0 Å². The summed E-state index contributed by atoms with van der Waals surface area (Å²) in [7, 11) is 0. The zero-order valence-corrected chi connectivity index (χ0v) is 11.9. The minimum Gasteiger partial charge on any atom is -0.377 e. The van der Waals surface area contributed by atoms with E-state index < -0.39 is 0 Å². The van der Waals surface area contributed by atoms with Crippen LogP contribution in [0.3, 0.4) is 0 Å². The lowest BCUT2D eigenvalue weighted by Crippen LogP contribution is -2.07. The molecule has 20 heavy (non-hydrogen) atoms. The van der Waals surface area contributed by atoms with E-state index in [2.05, 4.69) is 10.4 Å². The summed E-state index contributed by atoms with van der Waals surface area (Å²) in [6, 6.07) is 7.00. The van der Waals surface area contributed by atoms with Gasteiger partial charge in [0.25, 0.3) is 0 Å². The Morgan fingerprint density at radius 2 is 2.10 bits per heavy atom. The van der Waals surface area contributed by atoms with E-state index in [9.17, 15) is 4.39 Å². The zero-order chi connectivity index (χ0) is 13.9. The van der Waals surface area contributed by atoms with Crippen LogP contribution in [0, 0.1) is 5.82 Å². The first-order chi connectivity index (χ1) is 9.72. The summed E-state index contributed by atoms with van der Waals surface area (Å²) in [5.41, 5.74) is 1.32. The van der Waals surface area contributed by atoms with Gasteiger partial charge in [0.15, 0.2) is 0 Å². The van der Waals surface area contributed by atoms with Crippen LogP contribution < -0.4 is 5.32 Å². The van der Waals surface area contributed by atoms with Crippen molar-refractivity contribution in [1.29, 1.82) is 0 Å². The Balaban J connectivity index is 1.64. The van der Waals surface area contributed by atoms with Gasteiger partial charge in [-0.2, -0.15) is 5.10 Å². The van der Waals surface area contributed by atoms with Crippen molar-refractivity contribution < 1.29 is 4.39 Å². The molecular formula is C15H17ClFN3. The Bertz CT molecular complexity index is 591. The van der Waals surface area contributed by atoms with Gasteiger partial charge in [-0.15, -0.1) is 0 Å². The van der Waals surface area contributed by atoms with E-state index in [0.29, 0.717) is 23.3 Å². The largest absolute Gasteiger partial charge is 0.377 e. The number of anilines is 1. The Kier molecular flexibility index (Phi) is 3.92. The highest BCUT2D eigenvalue weighted by Gasteiger charge is 2.17. The molecule has 1 heterocycles. The van der Waals surface area contributed by atoms with Crippen LogP contribution in [0.5, 0.6) is 0 Å². The van der Waals surface area contributed by atoms with Crippen LogP contribution in [0.2, 0.25) is 5.02 Å². The van der Waals surface area contributed by atoms with Crippen molar-refractivity contribution >= 4 is 17.3 Å². The second-order valence-electron chi connectivity index (χ2n) is 5.20. The Hall–Kier alpha value is -1.55. The average Bonchev–Trinajstić information content (AvgIpc) is 3.09. The number of rotatable bonds is 4. The van der Waals surface area contributed by atoms with Crippen LogP contribution in [-0.4, -0.2) is 9.78 Å². The molecule has 106 valence electrons. The predicted molar refractivity (Wildman–Crippen MR) is 78.5 cm³/mol. The molecule has 1 aromatic carbocycles. The molecule has 0 radical (unpaired) electrons. The highest BCUT2D eigenvalue weighted by molar-refractivity contribution is 6.30. The quantitative estimate of drug-likeness (QED) is 0.905. The lowest BCUT2D eigenvalue weighted by Gasteiger charge is -2.09. The molecule has 1 saturated carbocycles. The minimum absolute atomic E-state index is 0.301. The second-order valence-corrected chi connectivity index (χ2v) is 5.64. The van der Waals surface area contributed by atoms with E-state index in [1.165, 1.54) is 37.8 Å². The smallest absolute Gasteiger partial charge is 0.146 e. The lowest BCUT2D eigenvalue weighted by molar-refractivity contribution is 0.463. The Labute approximate surface area is 122 Å². The van der Waals surface area contributed by atoms with Crippen molar-refractivity contribution in [2.24, 2.45) is 0 Å². The number of hydrogen-bond donors (Lipinski definition) is 1. The van der Waals surface area contributed by atoms with Gasteiger partial charge < -0.3 is 5.32 Å². The number of nitrogens with one attached hydrogen (secondary N) is 1. The summed E-state index contributed by atoms with van der Waals surface area (Å²) in [6.07, 6.45) is 6.99. The molecule has 1 aliphatic carbocycles. The maximum Gasteiger partial charge on any atom is 0.146 e. The van der Waals surface area contributed by atoms with Gasteiger partial charge in [0, 0.05) is 11.2 Å². The first-order valence-electron chi connectivity index (χ1n) is 6.95. The van der Waals surface area contributed by atoms with Crippen LogP contribution >= 0.6 is 11.6 Å². The average molecular weight is 294 g/mol. The fraction of sp³-hybridized carbons (Fsp3) is 0.400. The van der Waals surface area contributed by atoms with Crippen molar-refractivity contribution in [3.63, 3.8) is 0 Å². The molecule has 5 heteroatoms. The number of aromatic nitrogens is 2. The molecule has 0 amide bonds. The first-order valence-corrected chi connectivity index (χ1v) is 7.33. The molecule has 0 atom stereocenters. The molecule has 0 spiro atoms. The molecule has 1 N–H and O–H groups in total. The topological polar surface area (TPSA) is 29.9 Å². The van der Waals surface area contributed by atoms with Crippen molar-refractivity contribution in [2.45, 2.75) is 38.3 Å². The third-order valence-electron chi connectivity index (χ3n) is 3.75. The molecule has 1 fully saturated rings. The van der Waals surface area contributed by atoms with Crippen molar-refractivity contribution in [3.05, 3.63) is 47.0 Å². The summed E-state index contributed by atoms with van der Waals surface area (Å²) >= 11 is 5.86. The number of benzene rings is 1. The molecule has 0 aliphatic heterocycles. The zero-order valence-electron chi connectivity index (χ0n) is 11.1. The van der Waals surface area contributed by atoms with Crippen LogP contribution in [0.15, 0.2) is 30.5 Å². The third-order valence-corrected chi connectivity index (χ3v) is 3.99. The Morgan fingerprint density at radius 1 is 1.30 bits per heavy atom. The summed E-state index contributed by atoms with van der Waals surface area (Å²) < 4.78 is 15.6. The van der Waals surface area contributed by atoms with Gasteiger partial charge in [-0.3, -0.25) is 4.68 Å². The van der Waals surface area contributed by atoms with Gasteiger partial charge in [0.2, 0.25) is 0 Å². The van der Waals surface area contributed by atoms with Gasteiger partial charge in [-0.25, -0.2) is 4.39 Å². The molecular weight excluding hydrogens is 277 g/mol. The SMILES string of the molecule is Fc1ccc(Cl)cc1NCc1ccn(C2CCCC2)n1. The summed E-state index contributed by atoms with van der Waals surface area (Å²) in [6.45, 7) is 0.497. The van der Waals surface area contributed by atoms with Crippen LogP contribution in [0.1, 0.15) is 37.4 Å². The maximum atomic E-state index is 13.6. The minimum atomic E-state index is -0.301. The Morgan fingerprint density at radius 3 is 2.90 bits per heavy atom. The molecule has 1 aliphatic rings. The highest BCUT2D eigenvalue weighted by Crippen LogP contribution is 2.28. The molecule has 3 rings (SSSR count). The van der Waals surface area contributed by atoms with E-state index in [0.717, 1.165) is 5.69 Å². The molecule has 1 aromatic heterocycles. The highest BCUT2D eigenvalue weighted by atomic mass is 35.5. The van der Waals surface area contributed by atoms with Crippen LogP contribution in [-0.2, 0) is 6.54 Å². The van der Waals surface area contributed by atoms with Gasteiger partial charge in [-0.1, -0.05) is 24.4 Å². The summed E-state index contributed by atoms with van der Waals surface area (Å²) in [5, 5.41) is 8.12. The second kappa shape index (κ2) is 5.83. The molecule has 2 aromatic rings. The lowest BCUT2D eigenvalue weighted by atomic mass is 10.3. The molecule has 0 bridgehead atoms. The molecule has 0 saturated heterocycles. The van der Waals surface area contributed by atoms with Gasteiger partial charge in [0.1, 0.15) is 5.82 Å². The van der Waals surface area contributed by atoms with E-state index in [-0.39, 0.29) is 5.82 Å². The summed E-state index contributed by atoms with van der Waals surface area (Å²) in [5.74, 6) is -0.301. The van der Waals surface area contributed by atoms with Crippen LogP contribution in [0.4, 0.5) is 10.1 Å². The fourth-order valence-corrected chi connectivity index (χ4v) is 2.83. The first kappa shape index (κ1) is 13.4. The monoisotopic (exact) mass is 293 g/mol. The van der Waals surface area contributed by atoms with Crippen molar-refractivity contribution in [1.82, 2.24) is 9.78 Å². The maximum absolute atomic E-state index is 13.6. The third kappa shape index (κ3) is 2.96. The van der Waals surface area contributed by atoms with Crippen molar-refractivity contribution in [3.8, 4) is 0 Å². The summed E-state index contributed by atoms with van der Waals surface area (Å²) in [4.78, 5) is 0. The number of halogens is 2. The van der Waals surface area contributed by atoms with E-state index >= 15 is 0 Å². The molecule has 3 nitrogen and oxygen atoms in total. The molecule has 0 unspecified atom stereocenters. The van der Waals surface area contributed by atoms with Crippen LogP contribution in [0.25, 0.3) is 0 Å². The van der Waals surface area contributed by atoms with Gasteiger partial charge in [-0.05, 0) is 37.1 Å². The fourth-order valence-electron chi connectivity index (χ4n) is 2.66. The van der Waals surface area contributed by atoms with E-state index in [1.54, 1.807) is 6.07 Å². The van der Waals surface area contributed by atoms with E-state index in [4.69, 9.17) is 11.6 Å². The number of nitrogens with zero attached hydrogens (tertiary/aromatic N) is 2. The standard InChI is InChI=1S/C15H17ClFN3/c16-11-5-6-14(17)15(9-11)18-10-12-7-8-20(19-12)13-3-1-2-4-13/h5-9,13,18H,1-4,10H2. The number of hydrogen-bond acceptors (Lipinski definition) is 2. The van der Waals surface area contributed by atoms with E-state index in [1.807, 2.05) is 16.9 Å². The normalized spacial score (nSPS) is 15.7. The van der Waals surface area contributed by atoms with Crippen molar-refractivity contribution in [2.75, 3.05) is 5.32 Å².